The van der Waals surface area contributed by atoms with Gasteiger partial charge >= 0.3 is 5.97 Å². The second-order valence-electron chi connectivity index (χ2n) is 6.65. The van der Waals surface area contributed by atoms with Crippen LogP contribution in [-0.2, 0) is 11.2 Å². The largest absolute Gasteiger partial charge is 0.481 e. The van der Waals surface area contributed by atoms with Crippen molar-refractivity contribution in [2.24, 2.45) is 0 Å². The first-order valence-electron chi connectivity index (χ1n) is 9.01. The summed E-state index contributed by atoms with van der Waals surface area (Å²) in [5.74, 6) is 0.0618. The molecule has 3 aromatic heterocycles. The number of aryl methyl sites for hydroxylation is 1. The number of anilines is 1. The zero-order valence-electron chi connectivity index (χ0n) is 15.1. The first-order valence-corrected chi connectivity index (χ1v) is 9.89. The third-order valence-electron chi connectivity index (χ3n) is 4.73. The molecule has 6 heteroatoms. The summed E-state index contributed by atoms with van der Waals surface area (Å²) in [5, 5.41) is 15.7. The Hall–Kier alpha value is -2.86. The zero-order chi connectivity index (χ0) is 18.8. The molecule has 5 nitrogen and oxygen atoms in total. The molecule has 0 atom stereocenters. The van der Waals surface area contributed by atoms with Crippen molar-refractivity contribution in [2.75, 3.05) is 11.9 Å². The van der Waals surface area contributed by atoms with Gasteiger partial charge in [-0.05, 0) is 53.4 Å². The predicted molar refractivity (Wildman–Crippen MR) is 110 cm³/mol. The molecule has 4 aromatic rings. The van der Waals surface area contributed by atoms with E-state index in [1.165, 1.54) is 21.2 Å². The Balaban J connectivity index is 1.69. The number of hydrogen-bond acceptors (Lipinski definition) is 4. The molecule has 0 aliphatic rings. The van der Waals surface area contributed by atoms with Crippen molar-refractivity contribution in [1.29, 1.82) is 0 Å². The highest BCUT2D eigenvalue weighted by atomic mass is 32.1. The second-order valence-corrected chi connectivity index (χ2v) is 7.56. The highest BCUT2D eigenvalue weighted by molar-refractivity contribution is 7.17. The standard InChI is InChI=1S/C21H21N3O2S/c1-14-6-4-7-17-20(14)15(13-27-17)12-16-21(22-10-5-9-19(25)26)23-18-8-2-3-11-24(16)18/h2-4,6-8,11,13,22H,5,9-10,12H2,1H3,(H,25,26). The van der Waals surface area contributed by atoms with E-state index in [-0.39, 0.29) is 6.42 Å². The molecule has 0 fully saturated rings. The van der Waals surface area contributed by atoms with Crippen molar-refractivity contribution in [3.63, 3.8) is 0 Å². The minimum atomic E-state index is -0.771. The molecule has 0 aliphatic heterocycles. The van der Waals surface area contributed by atoms with Gasteiger partial charge < -0.3 is 14.8 Å². The molecule has 0 amide bonds. The number of imidazole rings is 1. The van der Waals surface area contributed by atoms with E-state index in [1.807, 2.05) is 24.4 Å². The van der Waals surface area contributed by atoms with Gasteiger partial charge in [-0.1, -0.05) is 18.2 Å². The SMILES string of the molecule is Cc1cccc2scc(Cc3c(NCCCC(=O)O)nc4ccccn34)c12. The summed E-state index contributed by atoms with van der Waals surface area (Å²) >= 11 is 1.77. The van der Waals surface area contributed by atoms with E-state index >= 15 is 0 Å². The Morgan fingerprint density at radius 1 is 1.26 bits per heavy atom. The maximum Gasteiger partial charge on any atom is 0.303 e. The van der Waals surface area contributed by atoms with E-state index in [9.17, 15) is 4.79 Å². The summed E-state index contributed by atoms with van der Waals surface area (Å²) in [6.07, 6.45) is 3.53. The van der Waals surface area contributed by atoms with Crippen LogP contribution in [0.15, 0.2) is 48.0 Å². The second kappa shape index (κ2) is 7.40. The summed E-state index contributed by atoms with van der Waals surface area (Å²) in [6, 6.07) is 12.4. The number of thiophene rings is 1. The van der Waals surface area contributed by atoms with Crippen molar-refractivity contribution >= 4 is 38.9 Å². The molecular formula is C21H21N3O2S. The van der Waals surface area contributed by atoms with Crippen molar-refractivity contribution < 1.29 is 9.90 Å². The molecule has 0 aliphatic carbocycles. The summed E-state index contributed by atoms with van der Waals surface area (Å²) in [7, 11) is 0. The van der Waals surface area contributed by atoms with Gasteiger partial charge in [0.1, 0.15) is 11.5 Å². The van der Waals surface area contributed by atoms with Crippen LogP contribution in [-0.4, -0.2) is 27.0 Å². The van der Waals surface area contributed by atoms with Crippen LogP contribution in [0, 0.1) is 6.92 Å². The van der Waals surface area contributed by atoms with Gasteiger partial charge in [-0.15, -0.1) is 11.3 Å². The normalized spacial score (nSPS) is 11.3. The van der Waals surface area contributed by atoms with Crippen molar-refractivity contribution in [3.8, 4) is 0 Å². The molecule has 138 valence electrons. The number of fused-ring (bicyclic) bond motifs is 2. The average Bonchev–Trinajstić information content (AvgIpc) is 3.22. The van der Waals surface area contributed by atoms with Crippen molar-refractivity contribution in [3.05, 3.63) is 64.8 Å². The monoisotopic (exact) mass is 379 g/mol. The minimum Gasteiger partial charge on any atom is -0.481 e. The predicted octanol–water partition coefficient (Wildman–Crippen LogP) is 4.72. The average molecular weight is 379 g/mol. The van der Waals surface area contributed by atoms with Crippen LogP contribution in [0.1, 0.15) is 29.7 Å². The molecule has 0 spiro atoms. The molecule has 0 saturated heterocycles. The quantitative estimate of drug-likeness (QED) is 0.456. The molecule has 0 radical (unpaired) electrons. The van der Waals surface area contributed by atoms with Gasteiger partial charge in [0.2, 0.25) is 0 Å². The number of carboxylic acids is 1. The van der Waals surface area contributed by atoms with Gasteiger partial charge in [-0.2, -0.15) is 0 Å². The number of carbonyl (C=O) groups is 1. The Kier molecular flexibility index (Phi) is 4.81. The number of nitrogens with one attached hydrogen (secondary N) is 1. The van der Waals surface area contributed by atoms with Crippen LogP contribution in [0.5, 0.6) is 0 Å². The summed E-state index contributed by atoms with van der Waals surface area (Å²) in [6.45, 7) is 2.74. The smallest absolute Gasteiger partial charge is 0.303 e. The van der Waals surface area contributed by atoms with Gasteiger partial charge in [-0.3, -0.25) is 4.79 Å². The highest BCUT2D eigenvalue weighted by Crippen LogP contribution is 2.32. The lowest BCUT2D eigenvalue weighted by atomic mass is 10.0. The Morgan fingerprint density at radius 3 is 3.00 bits per heavy atom. The number of hydrogen-bond donors (Lipinski definition) is 2. The van der Waals surface area contributed by atoms with E-state index in [4.69, 9.17) is 10.1 Å². The van der Waals surface area contributed by atoms with E-state index in [2.05, 4.69) is 40.2 Å². The molecule has 0 saturated carbocycles. The Morgan fingerprint density at radius 2 is 2.15 bits per heavy atom. The third-order valence-corrected chi connectivity index (χ3v) is 5.73. The van der Waals surface area contributed by atoms with Crippen LogP contribution in [0.2, 0.25) is 0 Å². The number of carboxylic acid groups (broad SMARTS) is 1. The first kappa shape index (κ1) is 17.5. The van der Waals surface area contributed by atoms with Crippen LogP contribution < -0.4 is 5.32 Å². The molecule has 27 heavy (non-hydrogen) atoms. The molecular weight excluding hydrogens is 358 g/mol. The number of pyridine rings is 1. The van der Waals surface area contributed by atoms with Gasteiger partial charge in [0.05, 0.1) is 5.69 Å². The van der Waals surface area contributed by atoms with Crippen molar-refractivity contribution in [1.82, 2.24) is 9.38 Å². The molecule has 0 unspecified atom stereocenters. The van der Waals surface area contributed by atoms with Crippen LogP contribution in [0.25, 0.3) is 15.7 Å². The maximum absolute atomic E-state index is 10.7. The number of aromatic nitrogens is 2. The molecule has 4 rings (SSSR count). The first-order chi connectivity index (χ1) is 13.1. The summed E-state index contributed by atoms with van der Waals surface area (Å²) < 4.78 is 3.41. The van der Waals surface area contributed by atoms with Crippen LogP contribution >= 0.6 is 11.3 Å². The lowest BCUT2D eigenvalue weighted by Crippen LogP contribution is -2.07. The van der Waals surface area contributed by atoms with E-state index in [1.54, 1.807) is 11.3 Å². The van der Waals surface area contributed by atoms with Gasteiger partial charge in [0.15, 0.2) is 0 Å². The molecule has 3 heterocycles. The van der Waals surface area contributed by atoms with E-state index < -0.39 is 5.97 Å². The van der Waals surface area contributed by atoms with Gasteiger partial charge in [-0.25, -0.2) is 4.98 Å². The Labute approximate surface area is 161 Å². The lowest BCUT2D eigenvalue weighted by molar-refractivity contribution is -0.137. The topological polar surface area (TPSA) is 66.6 Å². The van der Waals surface area contributed by atoms with Crippen LogP contribution in [0.4, 0.5) is 5.82 Å². The third kappa shape index (κ3) is 3.53. The fraction of sp³-hybridized carbons (Fsp3) is 0.238. The number of nitrogens with zero attached hydrogens (tertiary/aromatic N) is 2. The Bertz CT molecular complexity index is 1110. The lowest BCUT2D eigenvalue weighted by Gasteiger charge is -2.08. The summed E-state index contributed by atoms with van der Waals surface area (Å²) in [4.78, 5) is 15.5. The minimum absolute atomic E-state index is 0.157. The van der Waals surface area contributed by atoms with Gasteiger partial charge in [0, 0.05) is 30.3 Å². The number of aliphatic carboxylic acids is 1. The maximum atomic E-state index is 10.7. The molecule has 0 bridgehead atoms. The number of benzene rings is 1. The number of rotatable bonds is 7. The zero-order valence-corrected chi connectivity index (χ0v) is 15.9. The summed E-state index contributed by atoms with van der Waals surface area (Å²) in [5.41, 5.74) is 4.58. The fourth-order valence-electron chi connectivity index (χ4n) is 3.46. The van der Waals surface area contributed by atoms with Crippen LogP contribution in [0.3, 0.4) is 0 Å². The van der Waals surface area contributed by atoms with Crippen molar-refractivity contribution in [2.45, 2.75) is 26.2 Å². The van der Waals surface area contributed by atoms with E-state index in [0.29, 0.717) is 13.0 Å². The highest BCUT2D eigenvalue weighted by Gasteiger charge is 2.15. The van der Waals surface area contributed by atoms with E-state index in [0.717, 1.165) is 23.6 Å². The fourth-order valence-corrected chi connectivity index (χ4v) is 4.50. The molecule has 2 N–H and O–H groups in total. The molecule has 1 aromatic carbocycles. The van der Waals surface area contributed by atoms with Gasteiger partial charge in [0.25, 0.3) is 0 Å².